The molecule has 0 saturated carbocycles. The third kappa shape index (κ3) is 5.98. The zero-order chi connectivity index (χ0) is 20.0. The summed E-state index contributed by atoms with van der Waals surface area (Å²) < 4.78 is 5.81. The minimum atomic E-state index is -1.07. The lowest BCUT2D eigenvalue weighted by Gasteiger charge is -2.08. The summed E-state index contributed by atoms with van der Waals surface area (Å²) in [5.74, 6) is -1.22. The van der Waals surface area contributed by atoms with Crippen LogP contribution in [0.3, 0.4) is 0 Å². The topological polar surface area (TPSA) is 99.4 Å². The molecule has 138 valence electrons. The van der Waals surface area contributed by atoms with Crippen molar-refractivity contribution in [1.29, 1.82) is 5.26 Å². The minimum absolute atomic E-state index is 0.0818. The Bertz CT molecular complexity index is 967. The van der Waals surface area contributed by atoms with E-state index in [9.17, 15) is 14.9 Å². The fourth-order valence-corrected chi connectivity index (χ4v) is 2.92. The molecule has 0 heterocycles. The number of nitrogens with one attached hydrogen (secondary N) is 1. The molecule has 0 saturated heterocycles. The average Bonchev–Trinajstić information content (AvgIpc) is 2.61. The van der Waals surface area contributed by atoms with Gasteiger partial charge >= 0.3 is 5.97 Å². The molecular formula is C19H14ClIN2O4. The largest absolute Gasteiger partial charge is 0.481 e. The lowest BCUT2D eigenvalue weighted by molar-refractivity contribution is -0.139. The van der Waals surface area contributed by atoms with Gasteiger partial charge in [-0.2, -0.15) is 5.26 Å². The molecule has 1 amide bonds. The maximum atomic E-state index is 12.3. The molecular weight excluding hydrogens is 483 g/mol. The zero-order valence-corrected chi connectivity index (χ0v) is 17.0. The molecule has 0 aliphatic rings. The lowest BCUT2D eigenvalue weighted by atomic mass is 10.1. The lowest BCUT2D eigenvalue weighted by Crippen LogP contribution is -2.13. The van der Waals surface area contributed by atoms with Crippen LogP contribution in [0.2, 0.25) is 5.02 Å². The standard InChI is InChI=1S/C19H14ClIN2O4/c1-11-2-4-14(8-15(11)20)23-19(26)13(9-22)6-12-3-5-17(16(21)7-12)27-10-18(24)25/h2-8H,10H2,1H3,(H,23,26)(H,24,25)/b13-6-. The molecule has 0 radical (unpaired) electrons. The van der Waals surface area contributed by atoms with Crippen LogP contribution in [0, 0.1) is 21.8 Å². The first kappa shape index (κ1) is 20.7. The predicted molar refractivity (Wildman–Crippen MR) is 111 cm³/mol. The Morgan fingerprint density at radius 1 is 1.33 bits per heavy atom. The van der Waals surface area contributed by atoms with Gasteiger partial charge in [0.2, 0.25) is 0 Å². The van der Waals surface area contributed by atoms with Gasteiger partial charge in [0, 0.05) is 10.7 Å². The smallest absolute Gasteiger partial charge is 0.341 e. The molecule has 2 rings (SSSR count). The number of nitriles is 1. The van der Waals surface area contributed by atoms with Crippen LogP contribution >= 0.6 is 34.2 Å². The van der Waals surface area contributed by atoms with Crippen molar-refractivity contribution >= 4 is 57.8 Å². The summed E-state index contributed by atoms with van der Waals surface area (Å²) in [6, 6.07) is 11.9. The molecule has 0 bridgehead atoms. The molecule has 0 unspecified atom stereocenters. The number of amides is 1. The van der Waals surface area contributed by atoms with E-state index in [1.165, 1.54) is 6.08 Å². The van der Waals surface area contributed by atoms with Crippen LogP contribution in [0.15, 0.2) is 42.0 Å². The van der Waals surface area contributed by atoms with Gasteiger partial charge in [0.1, 0.15) is 17.4 Å². The van der Waals surface area contributed by atoms with E-state index >= 15 is 0 Å². The van der Waals surface area contributed by atoms with Gasteiger partial charge in [0.15, 0.2) is 6.61 Å². The van der Waals surface area contributed by atoms with Crippen LogP contribution in [0.4, 0.5) is 5.69 Å². The average molecular weight is 497 g/mol. The van der Waals surface area contributed by atoms with Gasteiger partial charge in [-0.05, 0) is 71.0 Å². The van der Waals surface area contributed by atoms with Crippen LogP contribution in [0.25, 0.3) is 6.08 Å². The van der Waals surface area contributed by atoms with Crippen molar-refractivity contribution in [3.63, 3.8) is 0 Å². The number of aryl methyl sites for hydroxylation is 1. The molecule has 2 aromatic carbocycles. The molecule has 0 aliphatic heterocycles. The highest BCUT2D eigenvalue weighted by Crippen LogP contribution is 2.24. The Morgan fingerprint density at radius 2 is 2.07 bits per heavy atom. The first-order chi connectivity index (χ1) is 12.8. The monoisotopic (exact) mass is 496 g/mol. The fraction of sp³-hybridized carbons (Fsp3) is 0.105. The number of hydrogen-bond acceptors (Lipinski definition) is 4. The van der Waals surface area contributed by atoms with Gasteiger partial charge in [-0.25, -0.2) is 4.79 Å². The van der Waals surface area contributed by atoms with Crippen molar-refractivity contribution < 1.29 is 19.4 Å². The van der Waals surface area contributed by atoms with E-state index in [4.69, 9.17) is 21.4 Å². The van der Waals surface area contributed by atoms with Crippen LogP contribution in [-0.4, -0.2) is 23.6 Å². The molecule has 2 N–H and O–H groups in total. The highest BCUT2D eigenvalue weighted by molar-refractivity contribution is 14.1. The Kier molecular flexibility index (Phi) is 7.21. The normalized spacial score (nSPS) is 10.8. The summed E-state index contributed by atoms with van der Waals surface area (Å²) in [7, 11) is 0. The van der Waals surface area contributed by atoms with Crippen molar-refractivity contribution in [2.45, 2.75) is 6.92 Å². The third-order valence-corrected chi connectivity index (χ3v) is 4.66. The second-order valence-electron chi connectivity index (χ2n) is 5.46. The Labute approximate surface area is 174 Å². The second kappa shape index (κ2) is 9.39. The number of aliphatic carboxylic acids is 1. The number of carboxylic acids is 1. The van der Waals surface area contributed by atoms with Crippen LogP contribution in [0.5, 0.6) is 5.75 Å². The van der Waals surface area contributed by atoms with Crippen LogP contribution in [0.1, 0.15) is 11.1 Å². The number of rotatable bonds is 6. The summed E-state index contributed by atoms with van der Waals surface area (Å²) >= 11 is 8.03. The molecule has 0 aliphatic carbocycles. The molecule has 0 fully saturated rings. The van der Waals surface area contributed by atoms with E-state index in [0.717, 1.165) is 5.56 Å². The van der Waals surface area contributed by atoms with Crippen LogP contribution < -0.4 is 10.1 Å². The number of nitrogens with zero attached hydrogens (tertiary/aromatic N) is 1. The van der Waals surface area contributed by atoms with Crippen molar-refractivity contribution in [2.75, 3.05) is 11.9 Å². The van der Waals surface area contributed by atoms with Crippen molar-refractivity contribution in [2.24, 2.45) is 0 Å². The molecule has 2 aromatic rings. The molecule has 0 aromatic heterocycles. The molecule has 27 heavy (non-hydrogen) atoms. The fourth-order valence-electron chi connectivity index (χ4n) is 2.05. The minimum Gasteiger partial charge on any atom is -0.481 e. The highest BCUT2D eigenvalue weighted by atomic mass is 127. The second-order valence-corrected chi connectivity index (χ2v) is 7.03. The van der Waals surface area contributed by atoms with Crippen LogP contribution in [-0.2, 0) is 9.59 Å². The number of anilines is 1. The van der Waals surface area contributed by atoms with Crippen molar-refractivity contribution in [3.05, 3.63) is 61.7 Å². The van der Waals surface area contributed by atoms with Crippen molar-refractivity contribution in [1.82, 2.24) is 0 Å². The van der Waals surface area contributed by atoms with E-state index in [1.807, 2.05) is 35.6 Å². The number of carbonyl (C=O) groups is 2. The quantitative estimate of drug-likeness (QED) is 0.354. The summed E-state index contributed by atoms with van der Waals surface area (Å²) in [6.07, 6.45) is 1.44. The summed E-state index contributed by atoms with van der Waals surface area (Å²) in [6.45, 7) is 1.40. The molecule has 0 spiro atoms. The number of hydrogen-bond donors (Lipinski definition) is 2. The maximum Gasteiger partial charge on any atom is 0.341 e. The number of carboxylic acid groups (broad SMARTS) is 1. The van der Waals surface area contributed by atoms with E-state index in [-0.39, 0.29) is 5.57 Å². The van der Waals surface area contributed by atoms with Gasteiger partial charge in [-0.1, -0.05) is 23.7 Å². The summed E-state index contributed by atoms with van der Waals surface area (Å²) in [5.41, 5.74) is 1.90. The van der Waals surface area contributed by atoms with Gasteiger partial charge in [0.25, 0.3) is 5.91 Å². The van der Waals surface area contributed by atoms with E-state index < -0.39 is 18.5 Å². The van der Waals surface area contributed by atoms with Gasteiger partial charge in [-0.15, -0.1) is 0 Å². The van der Waals surface area contributed by atoms with E-state index in [2.05, 4.69) is 5.32 Å². The van der Waals surface area contributed by atoms with E-state index in [1.54, 1.807) is 36.4 Å². The third-order valence-electron chi connectivity index (χ3n) is 3.41. The Balaban J connectivity index is 2.18. The molecule has 6 nitrogen and oxygen atoms in total. The SMILES string of the molecule is Cc1ccc(NC(=O)/C(C#N)=C\c2ccc(OCC(=O)O)c(I)c2)cc1Cl. The Hall–Kier alpha value is -2.57. The number of carbonyl (C=O) groups excluding carboxylic acids is 1. The van der Waals surface area contributed by atoms with E-state index in [0.29, 0.717) is 25.6 Å². The van der Waals surface area contributed by atoms with Gasteiger partial charge in [0.05, 0.1) is 3.57 Å². The first-order valence-corrected chi connectivity index (χ1v) is 9.09. The number of benzene rings is 2. The zero-order valence-electron chi connectivity index (χ0n) is 14.1. The highest BCUT2D eigenvalue weighted by Gasteiger charge is 2.11. The summed E-state index contributed by atoms with van der Waals surface area (Å²) in [4.78, 5) is 22.9. The molecule has 8 heteroatoms. The first-order valence-electron chi connectivity index (χ1n) is 7.63. The number of ether oxygens (including phenoxy) is 1. The maximum absolute atomic E-state index is 12.3. The predicted octanol–water partition coefficient (Wildman–Crippen LogP) is 4.26. The summed E-state index contributed by atoms with van der Waals surface area (Å²) in [5, 5.41) is 21.1. The Morgan fingerprint density at radius 3 is 2.67 bits per heavy atom. The van der Waals surface area contributed by atoms with Gasteiger partial charge < -0.3 is 15.2 Å². The number of halogens is 2. The van der Waals surface area contributed by atoms with Crippen molar-refractivity contribution in [3.8, 4) is 11.8 Å². The molecule has 0 atom stereocenters. The van der Waals surface area contributed by atoms with Gasteiger partial charge in [-0.3, -0.25) is 4.79 Å².